The average Bonchev–Trinajstić information content (AvgIpc) is 2.48. The molecule has 0 aliphatic carbocycles. The Morgan fingerprint density at radius 2 is 2.00 bits per heavy atom. The van der Waals surface area contributed by atoms with E-state index in [-0.39, 0.29) is 5.91 Å². The molecule has 0 atom stereocenters. The van der Waals surface area contributed by atoms with Crippen molar-refractivity contribution in [2.45, 2.75) is 38.6 Å². The summed E-state index contributed by atoms with van der Waals surface area (Å²) in [6, 6.07) is 8.34. The Morgan fingerprint density at radius 3 is 2.65 bits per heavy atom. The second-order valence-corrected chi connectivity index (χ2v) is 5.17. The molecule has 1 heterocycles. The van der Waals surface area contributed by atoms with Crippen molar-refractivity contribution in [2.24, 2.45) is 0 Å². The fraction of sp³-hybridized carbons (Fsp3) is 0.562. The van der Waals surface area contributed by atoms with Crippen LogP contribution in [0.25, 0.3) is 0 Å². The van der Waals surface area contributed by atoms with Gasteiger partial charge >= 0.3 is 0 Å². The van der Waals surface area contributed by atoms with E-state index in [9.17, 15) is 4.79 Å². The van der Waals surface area contributed by atoms with E-state index in [2.05, 4.69) is 10.6 Å². The number of hydrogen-bond donors (Lipinski definition) is 2. The first-order valence-electron chi connectivity index (χ1n) is 7.49. The highest BCUT2D eigenvalue weighted by atomic mass is 16.5. The van der Waals surface area contributed by atoms with Crippen LogP contribution in [-0.2, 0) is 11.2 Å². The highest BCUT2D eigenvalue weighted by molar-refractivity contribution is 5.76. The maximum absolute atomic E-state index is 11.9. The lowest BCUT2D eigenvalue weighted by Crippen LogP contribution is -2.42. The third-order valence-corrected chi connectivity index (χ3v) is 3.58. The molecule has 1 aromatic rings. The van der Waals surface area contributed by atoms with E-state index in [4.69, 9.17) is 4.74 Å². The normalized spacial score (nSPS) is 15.8. The fourth-order valence-electron chi connectivity index (χ4n) is 2.44. The van der Waals surface area contributed by atoms with Gasteiger partial charge in [0.1, 0.15) is 5.75 Å². The number of benzene rings is 1. The Balaban J connectivity index is 1.72. The molecule has 110 valence electrons. The molecule has 1 fully saturated rings. The lowest BCUT2D eigenvalue weighted by atomic mass is 10.1. The summed E-state index contributed by atoms with van der Waals surface area (Å²) in [5, 5.41) is 6.42. The molecular formula is C16H24N2O2. The third-order valence-electron chi connectivity index (χ3n) is 3.58. The van der Waals surface area contributed by atoms with Gasteiger partial charge in [-0.3, -0.25) is 4.79 Å². The molecular weight excluding hydrogens is 252 g/mol. The zero-order valence-corrected chi connectivity index (χ0v) is 12.2. The summed E-state index contributed by atoms with van der Waals surface area (Å²) in [4.78, 5) is 11.9. The van der Waals surface area contributed by atoms with Crippen LogP contribution in [0.5, 0.6) is 5.75 Å². The maximum atomic E-state index is 11.9. The first kappa shape index (κ1) is 14.9. The monoisotopic (exact) mass is 276 g/mol. The molecule has 20 heavy (non-hydrogen) atoms. The van der Waals surface area contributed by atoms with Crippen LogP contribution in [0.4, 0.5) is 0 Å². The number of nitrogens with one attached hydrogen (secondary N) is 2. The predicted molar refractivity (Wildman–Crippen MR) is 80.0 cm³/mol. The molecule has 2 rings (SSSR count). The average molecular weight is 276 g/mol. The fourth-order valence-corrected chi connectivity index (χ4v) is 2.44. The largest absolute Gasteiger partial charge is 0.494 e. The van der Waals surface area contributed by atoms with Gasteiger partial charge in [-0.15, -0.1) is 0 Å². The Labute approximate surface area is 120 Å². The Morgan fingerprint density at radius 1 is 1.30 bits per heavy atom. The van der Waals surface area contributed by atoms with Crippen molar-refractivity contribution >= 4 is 5.91 Å². The Kier molecular flexibility index (Phi) is 5.87. The van der Waals surface area contributed by atoms with E-state index in [0.717, 1.165) is 38.1 Å². The van der Waals surface area contributed by atoms with E-state index in [1.165, 1.54) is 5.56 Å². The van der Waals surface area contributed by atoms with Gasteiger partial charge in [-0.1, -0.05) is 12.1 Å². The van der Waals surface area contributed by atoms with Crippen LogP contribution in [0.1, 0.15) is 31.7 Å². The van der Waals surface area contributed by atoms with Crippen LogP contribution in [0, 0.1) is 0 Å². The number of carbonyl (C=O) groups excluding carboxylic acids is 1. The topological polar surface area (TPSA) is 50.4 Å². The second kappa shape index (κ2) is 7.90. The van der Waals surface area contributed by atoms with Crippen molar-refractivity contribution in [1.82, 2.24) is 10.6 Å². The Bertz CT molecular complexity index is 411. The maximum Gasteiger partial charge on any atom is 0.220 e. The number of amides is 1. The zero-order valence-electron chi connectivity index (χ0n) is 12.2. The molecule has 0 saturated carbocycles. The molecule has 0 aromatic heterocycles. The summed E-state index contributed by atoms with van der Waals surface area (Å²) in [5.41, 5.74) is 1.17. The van der Waals surface area contributed by atoms with Crippen LogP contribution in [0.2, 0.25) is 0 Å². The van der Waals surface area contributed by atoms with Crippen LogP contribution in [-0.4, -0.2) is 31.6 Å². The van der Waals surface area contributed by atoms with E-state index in [1.54, 1.807) is 0 Å². The van der Waals surface area contributed by atoms with E-state index in [0.29, 0.717) is 19.1 Å². The number of carbonyl (C=O) groups is 1. The minimum atomic E-state index is 0.158. The lowest BCUT2D eigenvalue weighted by molar-refractivity contribution is -0.121. The van der Waals surface area contributed by atoms with Gasteiger partial charge in [0.15, 0.2) is 0 Å². The molecule has 0 spiro atoms. The molecule has 1 aliphatic rings. The SMILES string of the molecule is CCOc1ccc(CCC(=O)NC2CCNCC2)cc1. The number of ether oxygens (including phenoxy) is 1. The van der Waals surface area contributed by atoms with Crippen molar-refractivity contribution in [3.05, 3.63) is 29.8 Å². The lowest BCUT2D eigenvalue weighted by Gasteiger charge is -2.23. The van der Waals surface area contributed by atoms with Gasteiger partial charge in [-0.2, -0.15) is 0 Å². The summed E-state index contributed by atoms with van der Waals surface area (Å²) in [5.74, 6) is 1.04. The van der Waals surface area contributed by atoms with Gasteiger partial charge in [0.25, 0.3) is 0 Å². The molecule has 1 saturated heterocycles. The summed E-state index contributed by atoms with van der Waals surface area (Å²) < 4.78 is 5.40. The summed E-state index contributed by atoms with van der Waals surface area (Å²) >= 11 is 0. The van der Waals surface area contributed by atoms with Gasteiger partial charge < -0.3 is 15.4 Å². The van der Waals surface area contributed by atoms with E-state index < -0.39 is 0 Å². The van der Waals surface area contributed by atoms with Crippen molar-refractivity contribution in [3.63, 3.8) is 0 Å². The minimum Gasteiger partial charge on any atom is -0.494 e. The highest BCUT2D eigenvalue weighted by Gasteiger charge is 2.14. The standard InChI is InChI=1S/C16H24N2O2/c1-2-20-15-6-3-13(4-7-15)5-8-16(19)18-14-9-11-17-12-10-14/h3-4,6-7,14,17H,2,5,8-12H2,1H3,(H,18,19). The van der Waals surface area contributed by atoms with Crippen LogP contribution >= 0.6 is 0 Å². The predicted octanol–water partition coefficient (Wildman–Crippen LogP) is 1.89. The van der Waals surface area contributed by atoms with Crippen LogP contribution in [0.15, 0.2) is 24.3 Å². The Hall–Kier alpha value is -1.55. The first-order valence-corrected chi connectivity index (χ1v) is 7.49. The number of hydrogen-bond acceptors (Lipinski definition) is 3. The zero-order chi connectivity index (χ0) is 14.2. The minimum absolute atomic E-state index is 0.158. The summed E-state index contributed by atoms with van der Waals surface area (Å²) in [6.45, 7) is 4.66. The van der Waals surface area contributed by atoms with Gasteiger partial charge in [0.05, 0.1) is 6.61 Å². The van der Waals surface area contributed by atoms with Crippen molar-refractivity contribution in [1.29, 1.82) is 0 Å². The van der Waals surface area contributed by atoms with Crippen molar-refractivity contribution < 1.29 is 9.53 Å². The highest BCUT2D eigenvalue weighted by Crippen LogP contribution is 2.13. The molecule has 2 N–H and O–H groups in total. The first-order chi connectivity index (χ1) is 9.78. The van der Waals surface area contributed by atoms with Gasteiger partial charge in [-0.25, -0.2) is 0 Å². The summed E-state index contributed by atoms with van der Waals surface area (Å²) in [7, 11) is 0. The third kappa shape index (κ3) is 4.85. The number of piperidine rings is 1. The molecule has 4 nitrogen and oxygen atoms in total. The summed E-state index contributed by atoms with van der Waals surface area (Å²) in [6.07, 6.45) is 3.41. The smallest absolute Gasteiger partial charge is 0.220 e. The molecule has 0 radical (unpaired) electrons. The van der Waals surface area contributed by atoms with Gasteiger partial charge in [-0.05, 0) is 57.0 Å². The molecule has 0 bridgehead atoms. The molecule has 1 aromatic carbocycles. The van der Waals surface area contributed by atoms with Crippen LogP contribution in [0.3, 0.4) is 0 Å². The molecule has 0 unspecified atom stereocenters. The molecule has 4 heteroatoms. The van der Waals surface area contributed by atoms with Gasteiger partial charge in [0.2, 0.25) is 5.91 Å². The van der Waals surface area contributed by atoms with E-state index in [1.807, 2.05) is 31.2 Å². The van der Waals surface area contributed by atoms with Crippen LogP contribution < -0.4 is 15.4 Å². The second-order valence-electron chi connectivity index (χ2n) is 5.17. The van der Waals surface area contributed by atoms with Crippen molar-refractivity contribution in [2.75, 3.05) is 19.7 Å². The quantitative estimate of drug-likeness (QED) is 0.834. The molecule has 1 aliphatic heterocycles. The number of rotatable bonds is 6. The number of aryl methyl sites for hydroxylation is 1. The van der Waals surface area contributed by atoms with Crippen molar-refractivity contribution in [3.8, 4) is 5.75 Å². The molecule has 1 amide bonds. The van der Waals surface area contributed by atoms with E-state index >= 15 is 0 Å². The van der Waals surface area contributed by atoms with Gasteiger partial charge in [0, 0.05) is 12.5 Å².